The van der Waals surface area contributed by atoms with Crippen LogP contribution in [0.4, 0.5) is 4.39 Å². The fourth-order valence-corrected chi connectivity index (χ4v) is 4.31. The molecule has 32 heavy (non-hydrogen) atoms. The highest BCUT2D eigenvalue weighted by atomic mass is 32.1. The minimum Gasteiger partial charge on any atom is -0.497 e. The average Bonchev–Trinajstić information content (AvgIpc) is 3.18. The Bertz CT molecular complexity index is 1280. The molecule has 0 aliphatic rings. The fourth-order valence-electron chi connectivity index (χ4n) is 3.14. The van der Waals surface area contributed by atoms with Gasteiger partial charge in [-0.25, -0.2) is 10.2 Å². The van der Waals surface area contributed by atoms with Crippen molar-refractivity contribution in [2.45, 2.75) is 0 Å². The van der Waals surface area contributed by atoms with Gasteiger partial charge in [0.25, 0.3) is 0 Å². The van der Waals surface area contributed by atoms with Gasteiger partial charge in [-0.3, -0.25) is 0 Å². The molecule has 0 aliphatic heterocycles. The molecule has 0 bridgehead atoms. The van der Waals surface area contributed by atoms with Gasteiger partial charge < -0.3 is 20.7 Å². The van der Waals surface area contributed by atoms with Crippen molar-refractivity contribution < 1.29 is 13.9 Å². The zero-order valence-corrected chi connectivity index (χ0v) is 18.0. The summed E-state index contributed by atoms with van der Waals surface area (Å²) in [6, 6.07) is 19.8. The van der Waals surface area contributed by atoms with Crippen LogP contribution in [0.3, 0.4) is 0 Å². The Morgan fingerprint density at radius 1 is 1.03 bits per heavy atom. The Balaban J connectivity index is 1.70. The molecule has 4 aromatic rings. The van der Waals surface area contributed by atoms with Crippen LogP contribution in [0.25, 0.3) is 26.6 Å². The Hall–Kier alpha value is -3.88. The van der Waals surface area contributed by atoms with Crippen LogP contribution in [-0.2, 0) is 0 Å². The number of methoxy groups -OCH3 is 1. The third-order valence-electron chi connectivity index (χ3n) is 4.78. The molecule has 0 saturated carbocycles. The molecule has 8 heteroatoms. The van der Waals surface area contributed by atoms with Gasteiger partial charge in [0.05, 0.1) is 12.0 Å². The lowest BCUT2D eigenvalue weighted by atomic mass is 10.1. The molecule has 0 radical (unpaired) electrons. The van der Waals surface area contributed by atoms with Crippen molar-refractivity contribution in [2.75, 3.05) is 7.11 Å². The van der Waals surface area contributed by atoms with Gasteiger partial charge in [-0.15, -0.1) is 11.3 Å². The molecule has 1 aromatic heterocycles. The van der Waals surface area contributed by atoms with Crippen LogP contribution in [0.2, 0.25) is 0 Å². The summed E-state index contributed by atoms with van der Waals surface area (Å²) in [6.45, 7) is 0. The number of rotatable bonds is 6. The SMILES string of the molecule is COc1ccc2c(Oc3ccc(/C=C/C(=N/N)NN)cc3)c(-c3ccc(F)cc3)sc2c1. The molecule has 0 spiro atoms. The van der Waals surface area contributed by atoms with Crippen molar-refractivity contribution in [1.29, 1.82) is 0 Å². The first kappa shape index (κ1) is 21.4. The standard InChI is InChI=1S/C24H21FN4O2S/c1-30-19-11-12-20-21(14-19)32-24(16-5-7-17(25)8-6-16)23(20)31-18-9-2-15(3-10-18)4-13-22(28-26)29-27/h2-14H,26-27H2,1H3,(H,28,29)/b13-4+. The number of thiophene rings is 1. The van der Waals surface area contributed by atoms with E-state index in [-0.39, 0.29) is 5.82 Å². The smallest absolute Gasteiger partial charge is 0.159 e. The maximum absolute atomic E-state index is 13.5. The molecule has 4 rings (SSSR count). The van der Waals surface area contributed by atoms with Gasteiger partial charge in [-0.2, -0.15) is 5.10 Å². The van der Waals surface area contributed by atoms with E-state index in [1.807, 2.05) is 48.5 Å². The highest BCUT2D eigenvalue weighted by molar-refractivity contribution is 7.22. The van der Waals surface area contributed by atoms with Crippen molar-refractivity contribution >= 4 is 33.3 Å². The zero-order chi connectivity index (χ0) is 22.5. The Morgan fingerprint density at radius 3 is 2.41 bits per heavy atom. The van der Waals surface area contributed by atoms with E-state index < -0.39 is 0 Å². The highest BCUT2D eigenvalue weighted by Gasteiger charge is 2.17. The first-order chi connectivity index (χ1) is 15.6. The monoisotopic (exact) mass is 448 g/mol. The summed E-state index contributed by atoms with van der Waals surface area (Å²) in [5, 5.41) is 4.47. The molecule has 5 N–H and O–H groups in total. The summed E-state index contributed by atoms with van der Waals surface area (Å²) in [7, 11) is 1.63. The van der Waals surface area contributed by atoms with Gasteiger partial charge in [0.15, 0.2) is 11.6 Å². The lowest BCUT2D eigenvalue weighted by molar-refractivity contribution is 0.415. The average molecular weight is 449 g/mol. The van der Waals surface area contributed by atoms with Crippen LogP contribution in [0.15, 0.2) is 77.9 Å². The van der Waals surface area contributed by atoms with E-state index in [2.05, 4.69) is 10.5 Å². The van der Waals surface area contributed by atoms with Gasteiger partial charge in [0.2, 0.25) is 0 Å². The Labute approximate surface area is 188 Å². The molecule has 0 unspecified atom stereocenters. The van der Waals surface area contributed by atoms with Crippen LogP contribution < -0.4 is 26.6 Å². The van der Waals surface area contributed by atoms with E-state index in [4.69, 9.17) is 21.2 Å². The molecular weight excluding hydrogens is 427 g/mol. The van der Waals surface area contributed by atoms with Gasteiger partial charge in [-0.1, -0.05) is 30.3 Å². The number of nitrogens with two attached hydrogens (primary N) is 2. The third kappa shape index (κ3) is 4.56. The van der Waals surface area contributed by atoms with Gasteiger partial charge in [-0.05, 0) is 59.7 Å². The fraction of sp³-hybridized carbons (Fsp3) is 0.0417. The number of hydrazine groups is 1. The Kier molecular flexibility index (Phi) is 6.34. The lowest BCUT2D eigenvalue weighted by Gasteiger charge is -2.09. The number of ether oxygens (including phenoxy) is 2. The number of hydrazone groups is 1. The van der Waals surface area contributed by atoms with Crippen LogP contribution in [0.1, 0.15) is 5.56 Å². The van der Waals surface area contributed by atoms with E-state index >= 15 is 0 Å². The van der Waals surface area contributed by atoms with Crippen molar-refractivity contribution in [1.82, 2.24) is 5.43 Å². The minimum atomic E-state index is -0.282. The summed E-state index contributed by atoms with van der Waals surface area (Å²) in [5.74, 6) is 12.8. The number of fused-ring (bicyclic) bond motifs is 1. The maximum Gasteiger partial charge on any atom is 0.159 e. The molecule has 162 valence electrons. The van der Waals surface area contributed by atoms with Crippen molar-refractivity contribution in [2.24, 2.45) is 16.8 Å². The largest absolute Gasteiger partial charge is 0.497 e. The number of halogens is 1. The maximum atomic E-state index is 13.5. The van der Waals surface area contributed by atoms with Crippen LogP contribution in [0, 0.1) is 5.82 Å². The summed E-state index contributed by atoms with van der Waals surface area (Å²) >= 11 is 1.57. The molecule has 0 atom stereocenters. The van der Waals surface area contributed by atoms with Crippen LogP contribution in [0.5, 0.6) is 17.2 Å². The zero-order valence-electron chi connectivity index (χ0n) is 17.2. The molecule has 6 nitrogen and oxygen atoms in total. The number of amidine groups is 1. The molecule has 0 saturated heterocycles. The van der Waals surface area contributed by atoms with E-state index in [1.165, 1.54) is 12.1 Å². The molecule has 0 fully saturated rings. The van der Waals surface area contributed by atoms with Crippen LogP contribution in [-0.4, -0.2) is 12.9 Å². The first-order valence-corrected chi connectivity index (χ1v) is 10.5. The van der Waals surface area contributed by atoms with Gasteiger partial charge in [0, 0.05) is 10.1 Å². The summed E-state index contributed by atoms with van der Waals surface area (Å²) in [5.41, 5.74) is 4.20. The van der Waals surface area contributed by atoms with E-state index in [1.54, 1.807) is 36.7 Å². The van der Waals surface area contributed by atoms with E-state index in [0.717, 1.165) is 31.8 Å². The lowest BCUT2D eigenvalue weighted by Crippen LogP contribution is -2.29. The predicted octanol–water partition coefficient (Wildman–Crippen LogP) is 5.26. The number of benzene rings is 3. The summed E-state index contributed by atoms with van der Waals surface area (Å²) < 4.78 is 26.2. The molecule has 1 heterocycles. The van der Waals surface area contributed by atoms with Crippen molar-refractivity contribution in [3.05, 3.63) is 84.2 Å². The second kappa shape index (κ2) is 9.51. The molecule has 3 aromatic carbocycles. The minimum absolute atomic E-state index is 0.282. The Morgan fingerprint density at radius 2 is 1.75 bits per heavy atom. The number of hydrogen-bond acceptors (Lipinski definition) is 6. The number of hydrogen-bond donors (Lipinski definition) is 3. The topological polar surface area (TPSA) is 94.9 Å². The van der Waals surface area contributed by atoms with E-state index in [0.29, 0.717) is 17.3 Å². The van der Waals surface area contributed by atoms with Crippen LogP contribution >= 0.6 is 11.3 Å². The van der Waals surface area contributed by atoms with Gasteiger partial charge >= 0.3 is 0 Å². The second-order valence-corrected chi connectivity index (χ2v) is 7.84. The first-order valence-electron chi connectivity index (χ1n) is 9.68. The van der Waals surface area contributed by atoms with Crippen molar-refractivity contribution in [3.63, 3.8) is 0 Å². The summed E-state index contributed by atoms with van der Waals surface area (Å²) in [4.78, 5) is 0.912. The summed E-state index contributed by atoms with van der Waals surface area (Å²) in [6.07, 6.45) is 3.49. The molecular formula is C24H21FN4O2S. The highest BCUT2D eigenvalue weighted by Crippen LogP contribution is 2.47. The third-order valence-corrected chi connectivity index (χ3v) is 5.96. The number of nitrogens with zero attached hydrogens (tertiary/aromatic N) is 1. The number of nitrogens with one attached hydrogen (secondary N) is 1. The van der Waals surface area contributed by atoms with E-state index in [9.17, 15) is 4.39 Å². The normalized spacial score (nSPS) is 11.8. The second-order valence-electron chi connectivity index (χ2n) is 6.79. The van der Waals surface area contributed by atoms with Gasteiger partial charge in [0.1, 0.15) is 17.3 Å². The molecule has 0 aliphatic carbocycles. The van der Waals surface area contributed by atoms with Crippen molar-refractivity contribution in [3.8, 4) is 27.7 Å². The quantitative estimate of drug-likeness (QED) is 0.162. The molecule has 0 amide bonds. The predicted molar refractivity (Wildman–Crippen MR) is 128 cm³/mol.